The van der Waals surface area contributed by atoms with Gasteiger partial charge in [-0.15, -0.1) is 0 Å². The highest BCUT2D eigenvalue weighted by molar-refractivity contribution is 6.36. The molecule has 0 aromatic heterocycles. The van der Waals surface area contributed by atoms with Crippen LogP contribution in [0, 0.1) is 11.8 Å². The Morgan fingerprint density at radius 1 is 1.15 bits per heavy atom. The van der Waals surface area contributed by atoms with Gasteiger partial charge in [-0.25, -0.2) is 0 Å². The molecule has 0 heterocycles. The smallest absolute Gasteiger partial charge is 0.0741 e. The van der Waals surface area contributed by atoms with Gasteiger partial charge in [0.2, 0.25) is 0 Å². The van der Waals surface area contributed by atoms with Crippen molar-refractivity contribution in [1.82, 2.24) is 4.90 Å². The SMILES string of the molecule is C=C/C(Cl)=C(\C(Cl)=C/C)N(CCCC(C)C)CC(C)C. The highest BCUT2D eigenvalue weighted by Crippen LogP contribution is 2.27. The average Bonchev–Trinajstić information content (AvgIpc) is 2.36. The summed E-state index contributed by atoms with van der Waals surface area (Å²) in [6.07, 6.45) is 5.90. The second kappa shape index (κ2) is 10.3. The molecule has 116 valence electrons. The molecule has 20 heavy (non-hydrogen) atoms. The molecule has 0 aliphatic carbocycles. The Hall–Kier alpha value is -0.400. The molecule has 0 N–H and O–H groups in total. The molecule has 0 unspecified atom stereocenters. The molecule has 0 saturated heterocycles. The second-order valence-corrected chi connectivity index (χ2v) is 6.73. The van der Waals surface area contributed by atoms with E-state index < -0.39 is 0 Å². The Kier molecular flexibility index (Phi) is 10.1. The molecule has 0 atom stereocenters. The molecule has 0 aromatic rings. The van der Waals surface area contributed by atoms with E-state index in [-0.39, 0.29) is 0 Å². The molecular weight excluding hydrogens is 289 g/mol. The Balaban J connectivity index is 5.18. The van der Waals surface area contributed by atoms with Crippen LogP contribution in [0.5, 0.6) is 0 Å². The van der Waals surface area contributed by atoms with E-state index in [0.29, 0.717) is 16.0 Å². The van der Waals surface area contributed by atoms with Crippen molar-refractivity contribution in [3.8, 4) is 0 Å². The lowest BCUT2D eigenvalue weighted by Crippen LogP contribution is -2.29. The van der Waals surface area contributed by atoms with Gasteiger partial charge in [0, 0.05) is 13.1 Å². The predicted octanol–water partition coefficient (Wildman–Crippen LogP) is 6.16. The van der Waals surface area contributed by atoms with Crippen molar-refractivity contribution in [1.29, 1.82) is 0 Å². The fourth-order valence-electron chi connectivity index (χ4n) is 2.08. The highest BCUT2D eigenvalue weighted by atomic mass is 35.5. The van der Waals surface area contributed by atoms with E-state index in [1.165, 1.54) is 6.42 Å². The van der Waals surface area contributed by atoms with Crippen molar-refractivity contribution in [2.45, 2.75) is 47.5 Å². The Bertz CT molecular complexity index is 354. The molecule has 0 fully saturated rings. The summed E-state index contributed by atoms with van der Waals surface area (Å²) < 4.78 is 0. The lowest BCUT2D eigenvalue weighted by molar-refractivity contribution is 0.298. The van der Waals surface area contributed by atoms with Crippen molar-refractivity contribution < 1.29 is 0 Å². The van der Waals surface area contributed by atoms with E-state index in [1.54, 1.807) is 6.08 Å². The van der Waals surface area contributed by atoms with Crippen molar-refractivity contribution >= 4 is 23.2 Å². The summed E-state index contributed by atoms with van der Waals surface area (Å²) in [5.74, 6) is 1.27. The molecule has 0 bridgehead atoms. The number of halogens is 2. The Labute approximate surface area is 135 Å². The van der Waals surface area contributed by atoms with Crippen LogP contribution < -0.4 is 0 Å². The Morgan fingerprint density at radius 3 is 2.15 bits per heavy atom. The van der Waals surface area contributed by atoms with Gasteiger partial charge in [0.25, 0.3) is 0 Å². The molecular formula is C17H29Cl2N. The molecule has 0 aromatic carbocycles. The fourth-order valence-corrected chi connectivity index (χ4v) is 2.57. The zero-order valence-corrected chi connectivity index (χ0v) is 15.1. The van der Waals surface area contributed by atoms with Crippen LogP contribution in [0.2, 0.25) is 0 Å². The Morgan fingerprint density at radius 2 is 1.75 bits per heavy atom. The van der Waals surface area contributed by atoms with Gasteiger partial charge in [-0.1, -0.05) is 63.6 Å². The summed E-state index contributed by atoms with van der Waals surface area (Å²) in [7, 11) is 0. The minimum absolute atomic E-state index is 0.555. The van der Waals surface area contributed by atoms with Gasteiger partial charge in [0.1, 0.15) is 0 Å². The van der Waals surface area contributed by atoms with Crippen molar-refractivity contribution in [2.75, 3.05) is 13.1 Å². The van der Waals surface area contributed by atoms with Gasteiger partial charge in [0.05, 0.1) is 15.8 Å². The number of rotatable bonds is 9. The maximum absolute atomic E-state index is 6.35. The first-order valence-electron chi connectivity index (χ1n) is 7.42. The van der Waals surface area contributed by atoms with E-state index in [2.05, 4.69) is 39.2 Å². The number of nitrogens with zero attached hydrogens (tertiary/aromatic N) is 1. The minimum atomic E-state index is 0.555. The second-order valence-electron chi connectivity index (χ2n) is 5.91. The molecule has 0 radical (unpaired) electrons. The summed E-state index contributed by atoms with van der Waals surface area (Å²) in [6, 6.07) is 0. The largest absolute Gasteiger partial charge is 0.369 e. The van der Waals surface area contributed by atoms with Gasteiger partial charge < -0.3 is 4.90 Å². The normalized spacial score (nSPS) is 13.8. The van der Waals surface area contributed by atoms with Gasteiger partial charge in [0.15, 0.2) is 0 Å². The zero-order valence-electron chi connectivity index (χ0n) is 13.5. The summed E-state index contributed by atoms with van der Waals surface area (Å²) in [5, 5.41) is 1.32. The quantitative estimate of drug-likeness (QED) is 0.460. The number of hydrogen-bond donors (Lipinski definition) is 0. The first-order chi connectivity index (χ1) is 9.33. The maximum Gasteiger partial charge on any atom is 0.0741 e. The van der Waals surface area contributed by atoms with Gasteiger partial charge in [-0.05, 0) is 37.7 Å². The van der Waals surface area contributed by atoms with Gasteiger partial charge in [-0.2, -0.15) is 0 Å². The molecule has 3 heteroatoms. The lowest BCUT2D eigenvalue weighted by Gasteiger charge is -2.30. The lowest BCUT2D eigenvalue weighted by atomic mass is 10.1. The van der Waals surface area contributed by atoms with Crippen molar-refractivity contribution in [3.63, 3.8) is 0 Å². The molecule has 0 aliphatic rings. The van der Waals surface area contributed by atoms with E-state index >= 15 is 0 Å². The highest BCUT2D eigenvalue weighted by Gasteiger charge is 2.17. The summed E-state index contributed by atoms with van der Waals surface area (Å²) in [6.45, 7) is 16.5. The standard InChI is InChI=1S/C17H29Cl2N/c1-7-15(18)17(16(19)8-2)20(12-14(5)6)11-9-10-13(3)4/h7-8,13-14H,1,9-12H2,2-6H3/b16-8+,17-15-. The maximum atomic E-state index is 6.35. The summed E-state index contributed by atoms with van der Waals surface area (Å²) >= 11 is 12.7. The van der Waals surface area contributed by atoms with Crippen LogP contribution in [0.25, 0.3) is 0 Å². The summed E-state index contributed by atoms with van der Waals surface area (Å²) in [5.41, 5.74) is 0.906. The van der Waals surface area contributed by atoms with Crippen LogP contribution in [0.4, 0.5) is 0 Å². The zero-order chi connectivity index (χ0) is 15.7. The van der Waals surface area contributed by atoms with E-state index in [4.69, 9.17) is 23.2 Å². The summed E-state index contributed by atoms with van der Waals surface area (Å²) in [4.78, 5) is 2.29. The third-order valence-electron chi connectivity index (χ3n) is 3.00. The average molecular weight is 318 g/mol. The first-order valence-corrected chi connectivity index (χ1v) is 8.18. The van der Waals surface area contributed by atoms with Gasteiger partial charge in [-0.3, -0.25) is 0 Å². The molecule has 0 aliphatic heterocycles. The van der Waals surface area contributed by atoms with E-state index in [1.807, 2.05) is 13.0 Å². The third-order valence-corrected chi connectivity index (χ3v) is 3.73. The van der Waals surface area contributed by atoms with Gasteiger partial charge >= 0.3 is 0 Å². The van der Waals surface area contributed by atoms with Crippen LogP contribution in [0.3, 0.4) is 0 Å². The molecule has 0 amide bonds. The van der Waals surface area contributed by atoms with Crippen molar-refractivity contribution in [3.05, 3.63) is 34.5 Å². The first kappa shape index (κ1) is 19.6. The molecule has 0 rings (SSSR count). The van der Waals surface area contributed by atoms with Crippen LogP contribution in [0.1, 0.15) is 47.5 Å². The third kappa shape index (κ3) is 7.40. The minimum Gasteiger partial charge on any atom is -0.369 e. The topological polar surface area (TPSA) is 3.24 Å². The van der Waals surface area contributed by atoms with Crippen LogP contribution in [-0.4, -0.2) is 18.0 Å². The van der Waals surface area contributed by atoms with Crippen LogP contribution >= 0.6 is 23.2 Å². The van der Waals surface area contributed by atoms with E-state index in [9.17, 15) is 0 Å². The number of allylic oxidation sites excluding steroid dienone is 4. The van der Waals surface area contributed by atoms with Crippen molar-refractivity contribution in [2.24, 2.45) is 11.8 Å². The van der Waals surface area contributed by atoms with Crippen LogP contribution in [-0.2, 0) is 0 Å². The monoisotopic (exact) mass is 317 g/mol. The van der Waals surface area contributed by atoms with E-state index in [0.717, 1.165) is 31.1 Å². The van der Waals surface area contributed by atoms with Crippen LogP contribution in [0.15, 0.2) is 34.5 Å². The molecule has 0 saturated carbocycles. The molecule has 1 nitrogen and oxygen atoms in total. The number of hydrogen-bond acceptors (Lipinski definition) is 1. The predicted molar refractivity (Wildman–Crippen MR) is 93.2 cm³/mol. The fraction of sp³-hybridized carbons (Fsp3) is 0.647. The molecule has 0 spiro atoms.